The second kappa shape index (κ2) is 5.83. The molecule has 0 saturated carbocycles. The van der Waals surface area contributed by atoms with E-state index in [1.165, 1.54) is 25.4 Å². The number of nitrogens with zero attached hydrogens (tertiary/aromatic N) is 1. The highest BCUT2D eigenvalue weighted by atomic mass is 19.1. The van der Waals surface area contributed by atoms with Gasteiger partial charge in [0.1, 0.15) is 11.4 Å². The van der Waals surface area contributed by atoms with E-state index >= 15 is 0 Å². The first-order valence-electron chi connectivity index (χ1n) is 6.10. The van der Waals surface area contributed by atoms with E-state index in [0.29, 0.717) is 18.7 Å². The minimum absolute atomic E-state index is 0.0123. The maximum atomic E-state index is 13.3. The molecule has 1 aromatic heterocycles. The molecule has 0 aliphatic rings. The lowest BCUT2D eigenvalue weighted by atomic mass is 10.1. The zero-order valence-corrected chi connectivity index (χ0v) is 11.3. The van der Waals surface area contributed by atoms with E-state index in [1.54, 1.807) is 11.6 Å². The van der Waals surface area contributed by atoms with Gasteiger partial charge in [-0.1, -0.05) is 0 Å². The summed E-state index contributed by atoms with van der Waals surface area (Å²) < 4.78 is 19.7. The highest BCUT2D eigenvalue weighted by Gasteiger charge is 2.14. The van der Waals surface area contributed by atoms with Crippen molar-refractivity contribution in [3.63, 3.8) is 0 Å². The maximum Gasteiger partial charge on any atom is 0.256 e. The summed E-state index contributed by atoms with van der Waals surface area (Å²) in [6.07, 6.45) is 1.45. The fourth-order valence-electron chi connectivity index (χ4n) is 1.99. The molecule has 0 spiro atoms. The molecule has 6 heteroatoms. The third-order valence-electron chi connectivity index (χ3n) is 2.99. The minimum Gasteiger partial charge on any atom is -0.383 e. The molecule has 20 heavy (non-hydrogen) atoms. The lowest BCUT2D eigenvalue weighted by molar-refractivity contribution is 0.0935. The summed E-state index contributed by atoms with van der Waals surface area (Å²) in [5.41, 5.74) is 0.0825. The number of methoxy groups -OCH3 is 1. The van der Waals surface area contributed by atoms with E-state index in [0.717, 1.165) is 6.07 Å². The first-order valence-corrected chi connectivity index (χ1v) is 6.10. The molecule has 0 saturated heterocycles. The summed E-state index contributed by atoms with van der Waals surface area (Å²) in [6, 6.07) is 3.93. The fraction of sp³-hybridized carbons (Fsp3) is 0.286. The maximum absolute atomic E-state index is 13.3. The van der Waals surface area contributed by atoms with Crippen LogP contribution in [0.25, 0.3) is 10.9 Å². The molecule has 1 amide bonds. The number of carbonyl (C=O) groups is 1. The van der Waals surface area contributed by atoms with Crippen LogP contribution < -0.4 is 10.7 Å². The van der Waals surface area contributed by atoms with Crippen molar-refractivity contribution in [1.29, 1.82) is 0 Å². The van der Waals surface area contributed by atoms with Crippen molar-refractivity contribution in [3.8, 4) is 0 Å². The van der Waals surface area contributed by atoms with Gasteiger partial charge in [0, 0.05) is 32.3 Å². The van der Waals surface area contributed by atoms with Crippen molar-refractivity contribution in [3.05, 3.63) is 46.0 Å². The van der Waals surface area contributed by atoms with Crippen LogP contribution in [-0.2, 0) is 11.8 Å². The zero-order chi connectivity index (χ0) is 14.7. The first kappa shape index (κ1) is 14.2. The lowest BCUT2D eigenvalue weighted by Gasteiger charge is -2.09. The van der Waals surface area contributed by atoms with Gasteiger partial charge >= 0.3 is 0 Å². The Morgan fingerprint density at radius 2 is 2.20 bits per heavy atom. The Balaban J connectivity index is 2.47. The summed E-state index contributed by atoms with van der Waals surface area (Å²) in [6.45, 7) is 0.661. The number of aryl methyl sites for hydroxylation is 1. The average Bonchev–Trinajstić information content (AvgIpc) is 2.42. The van der Waals surface area contributed by atoms with Gasteiger partial charge in [-0.05, 0) is 18.2 Å². The molecule has 2 aromatic rings. The van der Waals surface area contributed by atoms with Gasteiger partial charge in [0.25, 0.3) is 5.91 Å². The van der Waals surface area contributed by atoms with Crippen molar-refractivity contribution < 1.29 is 13.9 Å². The molecule has 1 N–H and O–H groups in total. The molecule has 2 rings (SSSR count). The number of hydrogen-bond donors (Lipinski definition) is 1. The molecule has 0 aliphatic heterocycles. The second-order valence-corrected chi connectivity index (χ2v) is 4.39. The largest absolute Gasteiger partial charge is 0.383 e. The molecular formula is C14H15FN2O3. The van der Waals surface area contributed by atoms with Crippen LogP contribution >= 0.6 is 0 Å². The van der Waals surface area contributed by atoms with Crippen molar-refractivity contribution in [2.24, 2.45) is 7.05 Å². The van der Waals surface area contributed by atoms with Crippen LogP contribution in [0.1, 0.15) is 10.4 Å². The Bertz CT molecular complexity index is 709. The quantitative estimate of drug-likeness (QED) is 0.851. The number of pyridine rings is 1. The molecule has 0 fully saturated rings. The number of rotatable bonds is 4. The van der Waals surface area contributed by atoms with Crippen LogP contribution in [-0.4, -0.2) is 30.7 Å². The van der Waals surface area contributed by atoms with E-state index in [-0.39, 0.29) is 10.9 Å². The third kappa shape index (κ3) is 2.70. The lowest BCUT2D eigenvalue weighted by Crippen LogP contribution is -2.31. The Labute approximate surface area is 115 Å². The second-order valence-electron chi connectivity index (χ2n) is 4.39. The van der Waals surface area contributed by atoms with E-state index in [4.69, 9.17) is 4.74 Å². The molecule has 0 bridgehead atoms. The summed E-state index contributed by atoms with van der Waals surface area (Å²) in [7, 11) is 3.22. The number of halogens is 1. The number of hydrogen-bond acceptors (Lipinski definition) is 3. The van der Waals surface area contributed by atoms with Gasteiger partial charge in [-0.25, -0.2) is 4.39 Å². The summed E-state index contributed by atoms with van der Waals surface area (Å²) >= 11 is 0. The van der Waals surface area contributed by atoms with Gasteiger partial charge in [-0.3, -0.25) is 9.59 Å². The Morgan fingerprint density at radius 1 is 1.45 bits per heavy atom. The molecule has 106 valence electrons. The average molecular weight is 278 g/mol. The Kier molecular flexibility index (Phi) is 4.14. The smallest absolute Gasteiger partial charge is 0.256 e. The molecule has 1 heterocycles. The van der Waals surface area contributed by atoms with Crippen molar-refractivity contribution in [2.45, 2.75) is 0 Å². The molecular weight excluding hydrogens is 263 g/mol. The minimum atomic E-state index is -0.508. The van der Waals surface area contributed by atoms with E-state index in [1.807, 2.05) is 0 Å². The monoisotopic (exact) mass is 278 g/mol. The number of carbonyl (C=O) groups excluding carboxylic acids is 1. The molecule has 5 nitrogen and oxygen atoms in total. The van der Waals surface area contributed by atoms with Gasteiger partial charge < -0.3 is 14.6 Å². The number of fused-ring (bicyclic) bond motifs is 1. The SMILES string of the molecule is COCCNC(=O)c1cn(C)c2ccc(F)cc2c1=O. The fourth-order valence-corrected chi connectivity index (χ4v) is 1.99. The van der Waals surface area contributed by atoms with Crippen molar-refractivity contribution in [2.75, 3.05) is 20.3 Å². The van der Waals surface area contributed by atoms with Crippen LogP contribution in [0.2, 0.25) is 0 Å². The summed E-state index contributed by atoms with van der Waals surface area (Å²) in [5.74, 6) is -1.000. The predicted octanol–water partition coefficient (Wildman–Crippen LogP) is 1.05. The van der Waals surface area contributed by atoms with E-state index < -0.39 is 17.2 Å². The molecule has 0 aliphatic carbocycles. The predicted molar refractivity (Wildman–Crippen MR) is 73.4 cm³/mol. The topological polar surface area (TPSA) is 60.3 Å². The molecule has 0 radical (unpaired) electrons. The number of benzene rings is 1. The number of ether oxygens (including phenoxy) is 1. The highest BCUT2D eigenvalue weighted by Crippen LogP contribution is 2.12. The van der Waals surface area contributed by atoms with E-state index in [9.17, 15) is 14.0 Å². The van der Waals surface area contributed by atoms with Crippen LogP contribution in [0.3, 0.4) is 0 Å². The number of amides is 1. The van der Waals surface area contributed by atoms with Gasteiger partial charge in [-0.2, -0.15) is 0 Å². The van der Waals surface area contributed by atoms with E-state index in [2.05, 4.69) is 5.32 Å². The molecule has 1 aromatic carbocycles. The third-order valence-corrected chi connectivity index (χ3v) is 2.99. The molecule has 0 unspecified atom stereocenters. The zero-order valence-electron chi connectivity index (χ0n) is 11.3. The van der Waals surface area contributed by atoms with Crippen LogP contribution in [0, 0.1) is 5.82 Å². The Morgan fingerprint density at radius 3 is 2.90 bits per heavy atom. The number of nitrogens with one attached hydrogen (secondary N) is 1. The van der Waals surface area contributed by atoms with Crippen molar-refractivity contribution >= 4 is 16.8 Å². The van der Waals surface area contributed by atoms with Gasteiger partial charge in [0.15, 0.2) is 0 Å². The van der Waals surface area contributed by atoms with Crippen LogP contribution in [0.4, 0.5) is 4.39 Å². The van der Waals surface area contributed by atoms with Crippen LogP contribution in [0.15, 0.2) is 29.2 Å². The van der Waals surface area contributed by atoms with Gasteiger partial charge in [0.2, 0.25) is 5.43 Å². The van der Waals surface area contributed by atoms with Gasteiger partial charge in [0.05, 0.1) is 12.1 Å². The summed E-state index contributed by atoms with van der Waals surface area (Å²) in [5, 5.41) is 2.76. The highest BCUT2D eigenvalue weighted by molar-refractivity contribution is 5.97. The molecule has 0 atom stereocenters. The van der Waals surface area contributed by atoms with Crippen LogP contribution in [0.5, 0.6) is 0 Å². The number of aromatic nitrogens is 1. The normalized spacial score (nSPS) is 10.8. The first-order chi connectivity index (χ1) is 9.54. The van der Waals surface area contributed by atoms with Gasteiger partial charge in [-0.15, -0.1) is 0 Å². The summed E-state index contributed by atoms with van der Waals surface area (Å²) in [4.78, 5) is 24.2. The Hall–Kier alpha value is -2.21. The standard InChI is InChI=1S/C14H15FN2O3/c1-17-8-11(14(19)16-5-6-20-2)13(18)10-7-9(15)3-4-12(10)17/h3-4,7-8H,5-6H2,1-2H3,(H,16,19). The van der Waals surface area contributed by atoms with Crippen molar-refractivity contribution in [1.82, 2.24) is 9.88 Å².